The van der Waals surface area contributed by atoms with Crippen molar-refractivity contribution >= 4 is 21.8 Å². The lowest BCUT2D eigenvalue weighted by atomic mass is 10.2. The zero-order valence-corrected chi connectivity index (χ0v) is 7.66. The van der Waals surface area contributed by atoms with Gasteiger partial charge in [0.1, 0.15) is 0 Å². The topological polar surface area (TPSA) is 29.1 Å². The number of hydrogen-bond donors (Lipinski definition) is 1. The summed E-state index contributed by atoms with van der Waals surface area (Å²) >= 11 is 2.84. The SMILES string of the molecule is CCC(C)NC(=O)C#CBr. The second-order valence-corrected chi connectivity index (χ2v) is 2.40. The highest BCUT2D eigenvalue weighted by molar-refractivity contribution is 9.12. The Morgan fingerprint density at radius 3 is 2.80 bits per heavy atom. The Hall–Kier alpha value is -0.490. The van der Waals surface area contributed by atoms with Crippen LogP contribution in [-0.4, -0.2) is 11.9 Å². The van der Waals surface area contributed by atoms with Crippen molar-refractivity contribution in [3.8, 4) is 10.8 Å². The molecule has 0 saturated heterocycles. The van der Waals surface area contributed by atoms with Crippen LogP contribution in [0.15, 0.2) is 0 Å². The molecule has 0 radical (unpaired) electrons. The van der Waals surface area contributed by atoms with Gasteiger partial charge in [-0.2, -0.15) is 0 Å². The molecule has 3 heteroatoms. The van der Waals surface area contributed by atoms with Crippen molar-refractivity contribution in [2.24, 2.45) is 0 Å². The fraction of sp³-hybridized carbons (Fsp3) is 0.571. The summed E-state index contributed by atoms with van der Waals surface area (Å²) in [5.74, 6) is 2.10. The van der Waals surface area contributed by atoms with E-state index in [1.165, 1.54) is 0 Å². The Morgan fingerprint density at radius 2 is 2.40 bits per heavy atom. The van der Waals surface area contributed by atoms with Gasteiger partial charge in [0.25, 0.3) is 5.91 Å². The van der Waals surface area contributed by atoms with E-state index in [4.69, 9.17) is 0 Å². The van der Waals surface area contributed by atoms with Crippen LogP contribution in [-0.2, 0) is 4.79 Å². The first-order chi connectivity index (χ1) is 4.70. The van der Waals surface area contributed by atoms with E-state index in [0.717, 1.165) is 6.42 Å². The Morgan fingerprint density at radius 1 is 1.80 bits per heavy atom. The van der Waals surface area contributed by atoms with Gasteiger partial charge in [-0.15, -0.1) is 0 Å². The van der Waals surface area contributed by atoms with E-state index in [9.17, 15) is 4.79 Å². The standard InChI is InChI=1S/C7H10BrNO/c1-3-6(2)9-7(10)4-5-8/h6H,3H2,1-2H3,(H,9,10). The molecule has 0 fully saturated rings. The maximum Gasteiger partial charge on any atom is 0.296 e. The van der Waals surface area contributed by atoms with Gasteiger partial charge < -0.3 is 5.32 Å². The molecule has 56 valence electrons. The van der Waals surface area contributed by atoms with E-state index >= 15 is 0 Å². The smallest absolute Gasteiger partial charge is 0.296 e. The second-order valence-electron chi connectivity index (χ2n) is 2.00. The monoisotopic (exact) mass is 203 g/mol. The number of nitrogens with one attached hydrogen (secondary N) is 1. The molecule has 0 aliphatic heterocycles. The quantitative estimate of drug-likeness (QED) is 0.674. The van der Waals surface area contributed by atoms with Gasteiger partial charge in [0.05, 0.1) is 0 Å². The van der Waals surface area contributed by atoms with Gasteiger partial charge in [-0.25, -0.2) is 0 Å². The lowest BCUT2D eigenvalue weighted by molar-refractivity contribution is -0.116. The highest BCUT2D eigenvalue weighted by Gasteiger charge is 1.99. The molecule has 0 saturated carbocycles. The van der Waals surface area contributed by atoms with E-state index < -0.39 is 0 Å². The maximum absolute atomic E-state index is 10.7. The van der Waals surface area contributed by atoms with Gasteiger partial charge in [0.2, 0.25) is 0 Å². The van der Waals surface area contributed by atoms with Crippen LogP contribution in [0.1, 0.15) is 20.3 Å². The van der Waals surface area contributed by atoms with E-state index in [2.05, 4.69) is 32.0 Å². The van der Waals surface area contributed by atoms with Crippen molar-refractivity contribution < 1.29 is 4.79 Å². The molecule has 0 aromatic heterocycles. The van der Waals surface area contributed by atoms with Gasteiger partial charge >= 0.3 is 0 Å². The minimum absolute atomic E-state index is 0.209. The lowest BCUT2D eigenvalue weighted by Gasteiger charge is -2.06. The van der Waals surface area contributed by atoms with Crippen LogP contribution in [0, 0.1) is 10.8 Å². The number of rotatable bonds is 2. The molecule has 0 aliphatic carbocycles. The zero-order chi connectivity index (χ0) is 7.98. The van der Waals surface area contributed by atoms with Crippen molar-refractivity contribution in [3.05, 3.63) is 0 Å². The van der Waals surface area contributed by atoms with Gasteiger partial charge in [-0.1, -0.05) is 6.92 Å². The molecule has 0 heterocycles. The number of halogens is 1. The summed E-state index contributed by atoms with van der Waals surface area (Å²) in [4.78, 5) is 13.0. The third-order valence-corrected chi connectivity index (χ3v) is 1.35. The molecule has 0 bridgehead atoms. The van der Waals surface area contributed by atoms with Crippen LogP contribution in [0.25, 0.3) is 0 Å². The summed E-state index contributed by atoms with van der Waals surface area (Å²) in [5, 5.41) is 2.69. The van der Waals surface area contributed by atoms with Gasteiger partial charge in [0.15, 0.2) is 0 Å². The summed E-state index contributed by atoms with van der Waals surface area (Å²) in [6, 6.07) is 0.209. The van der Waals surface area contributed by atoms with Crippen molar-refractivity contribution in [1.29, 1.82) is 0 Å². The molecule has 1 unspecified atom stereocenters. The van der Waals surface area contributed by atoms with Crippen LogP contribution in [0.4, 0.5) is 0 Å². The molecule has 2 nitrogen and oxygen atoms in total. The fourth-order valence-corrected chi connectivity index (χ4v) is 0.585. The molecular weight excluding hydrogens is 194 g/mol. The summed E-state index contributed by atoms with van der Waals surface area (Å²) < 4.78 is 0. The summed E-state index contributed by atoms with van der Waals surface area (Å²) in [5.41, 5.74) is 0. The Bertz CT molecular complexity index is 168. The predicted molar refractivity (Wildman–Crippen MR) is 44.6 cm³/mol. The molecule has 0 rings (SSSR count). The number of carbonyl (C=O) groups excluding carboxylic acids is 1. The minimum atomic E-state index is -0.230. The van der Waals surface area contributed by atoms with Crippen LogP contribution in [0.2, 0.25) is 0 Å². The molecule has 0 aromatic carbocycles. The van der Waals surface area contributed by atoms with Crippen molar-refractivity contribution in [1.82, 2.24) is 5.32 Å². The van der Waals surface area contributed by atoms with Crippen LogP contribution >= 0.6 is 15.9 Å². The Labute approximate surface area is 69.5 Å². The zero-order valence-electron chi connectivity index (χ0n) is 6.07. The highest BCUT2D eigenvalue weighted by Crippen LogP contribution is 1.86. The van der Waals surface area contributed by atoms with Crippen LogP contribution in [0.3, 0.4) is 0 Å². The minimum Gasteiger partial charge on any atom is -0.343 e. The van der Waals surface area contributed by atoms with Gasteiger partial charge in [-0.3, -0.25) is 4.79 Å². The number of carbonyl (C=O) groups is 1. The average Bonchev–Trinajstić information content (AvgIpc) is 1.88. The molecule has 1 atom stereocenters. The third kappa shape index (κ3) is 4.39. The van der Waals surface area contributed by atoms with E-state index in [-0.39, 0.29) is 11.9 Å². The first kappa shape index (κ1) is 9.51. The molecule has 1 amide bonds. The Kier molecular flexibility index (Phi) is 5.05. The largest absolute Gasteiger partial charge is 0.343 e. The lowest BCUT2D eigenvalue weighted by Crippen LogP contribution is -2.30. The maximum atomic E-state index is 10.7. The van der Waals surface area contributed by atoms with E-state index in [1.54, 1.807) is 0 Å². The summed E-state index contributed by atoms with van der Waals surface area (Å²) in [6.45, 7) is 3.94. The summed E-state index contributed by atoms with van der Waals surface area (Å²) in [7, 11) is 0. The summed E-state index contributed by atoms with van der Waals surface area (Å²) in [6.07, 6.45) is 0.926. The first-order valence-electron chi connectivity index (χ1n) is 3.12. The molecule has 0 aliphatic rings. The molecule has 0 aromatic rings. The van der Waals surface area contributed by atoms with E-state index in [1.807, 2.05) is 13.8 Å². The average molecular weight is 204 g/mol. The number of amides is 1. The Balaban J connectivity index is 3.64. The van der Waals surface area contributed by atoms with E-state index in [0.29, 0.717) is 0 Å². The van der Waals surface area contributed by atoms with Crippen LogP contribution in [0.5, 0.6) is 0 Å². The van der Waals surface area contributed by atoms with Crippen molar-refractivity contribution in [2.45, 2.75) is 26.3 Å². The van der Waals surface area contributed by atoms with Crippen molar-refractivity contribution in [2.75, 3.05) is 0 Å². The molecular formula is C7H10BrNO. The molecule has 1 N–H and O–H groups in total. The highest BCUT2D eigenvalue weighted by atomic mass is 79.9. The van der Waals surface area contributed by atoms with Gasteiger partial charge in [-0.05, 0) is 18.2 Å². The first-order valence-corrected chi connectivity index (χ1v) is 3.92. The number of hydrogen-bond acceptors (Lipinski definition) is 1. The molecule has 10 heavy (non-hydrogen) atoms. The fourth-order valence-electron chi connectivity index (χ4n) is 0.405. The van der Waals surface area contributed by atoms with Gasteiger partial charge in [0, 0.05) is 27.9 Å². The van der Waals surface area contributed by atoms with Crippen LogP contribution < -0.4 is 5.32 Å². The van der Waals surface area contributed by atoms with Crippen molar-refractivity contribution in [3.63, 3.8) is 0 Å². The normalized spacial score (nSPS) is 11.1. The third-order valence-electron chi connectivity index (χ3n) is 1.15. The predicted octanol–water partition coefficient (Wildman–Crippen LogP) is 1.26. The second kappa shape index (κ2) is 5.31. The molecule has 0 spiro atoms.